The average Bonchev–Trinajstić information content (AvgIpc) is 2.49. The van der Waals surface area contributed by atoms with Gasteiger partial charge in [-0.15, -0.1) is 0 Å². The smallest absolute Gasteiger partial charge is 0.118 e. The molecule has 0 fully saturated rings. The lowest BCUT2D eigenvalue weighted by atomic mass is 10.2. The van der Waals surface area contributed by atoms with Crippen molar-refractivity contribution in [1.29, 1.82) is 0 Å². The van der Waals surface area contributed by atoms with Gasteiger partial charge in [-0.05, 0) is 36.4 Å². The largest absolute Gasteiger partial charge is 0.508 e. The summed E-state index contributed by atoms with van der Waals surface area (Å²) in [5.74, 6) is 0.233. The molecule has 0 bridgehead atoms. The van der Waals surface area contributed by atoms with Gasteiger partial charge in [-0.1, -0.05) is 52.3 Å². The fraction of sp³-hybridized carbons (Fsp3) is 0. The summed E-state index contributed by atoms with van der Waals surface area (Å²) in [6.45, 7) is 0. The van der Waals surface area contributed by atoms with Crippen molar-refractivity contribution in [3.05, 3.63) is 83.3 Å². The molecule has 3 heteroatoms. The first-order valence-corrected chi connectivity index (χ1v) is 7.43. The SMILES string of the molecule is Oc1cc(Br)cc(N(c2ccccc2)c2ccccc2)c1. The zero-order valence-electron chi connectivity index (χ0n) is 11.3. The monoisotopic (exact) mass is 339 g/mol. The molecule has 0 unspecified atom stereocenters. The minimum Gasteiger partial charge on any atom is -0.508 e. The van der Waals surface area contributed by atoms with E-state index in [-0.39, 0.29) is 5.75 Å². The number of rotatable bonds is 3. The van der Waals surface area contributed by atoms with E-state index in [1.807, 2.05) is 66.7 Å². The van der Waals surface area contributed by atoms with Crippen LogP contribution in [0.1, 0.15) is 0 Å². The van der Waals surface area contributed by atoms with Crippen molar-refractivity contribution < 1.29 is 5.11 Å². The summed E-state index contributed by atoms with van der Waals surface area (Å²) in [5.41, 5.74) is 2.99. The standard InChI is InChI=1S/C18H14BrNO/c19-14-11-17(13-18(21)12-14)20(15-7-3-1-4-8-15)16-9-5-2-6-10-16/h1-13,21H. The van der Waals surface area contributed by atoms with Crippen LogP contribution in [0, 0.1) is 0 Å². The molecule has 0 radical (unpaired) electrons. The number of aromatic hydroxyl groups is 1. The van der Waals surface area contributed by atoms with Gasteiger partial charge in [-0.3, -0.25) is 0 Å². The lowest BCUT2D eigenvalue weighted by molar-refractivity contribution is 0.475. The van der Waals surface area contributed by atoms with Crippen LogP contribution in [0.3, 0.4) is 0 Å². The van der Waals surface area contributed by atoms with Crippen LogP contribution in [-0.4, -0.2) is 5.11 Å². The number of para-hydroxylation sites is 2. The Kier molecular flexibility index (Phi) is 3.93. The van der Waals surface area contributed by atoms with Gasteiger partial charge < -0.3 is 10.0 Å². The van der Waals surface area contributed by atoms with Crippen molar-refractivity contribution in [1.82, 2.24) is 0 Å². The number of halogens is 1. The molecule has 0 heterocycles. The van der Waals surface area contributed by atoms with Crippen LogP contribution < -0.4 is 4.90 Å². The van der Waals surface area contributed by atoms with Gasteiger partial charge in [0, 0.05) is 21.9 Å². The van der Waals surface area contributed by atoms with Crippen molar-refractivity contribution in [3.8, 4) is 5.75 Å². The number of phenols is 1. The molecule has 3 rings (SSSR count). The quantitative estimate of drug-likeness (QED) is 0.668. The first-order valence-electron chi connectivity index (χ1n) is 6.64. The lowest BCUT2D eigenvalue weighted by Crippen LogP contribution is -2.09. The maximum atomic E-state index is 9.88. The Morgan fingerprint density at radius 3 is 1.67 bits per heavy atom. The maximum absolute atomic E-state index is 9.88. The van der Waals surface area contributed by atoms with Crippen molar-refractivity contribution in [2.75, 3.05) is 4.90 Å². The molecule has 0 aromatic heterocycles. The van der Waals surface area contributed by atoms with E-state index in [0.29, 0.717) is 0 Å². The Bertz CT molecular complexity index is 669. The molecular weight excluding hydrogens is 326 g/mol. The molecule has 0 spiro atoms. The third-order valence-corrected chi connectivity index (χ3v) is 3.61. The molecule has 2 nitrogen and oxygen atoms in total. The lowest BCUT2D eigenvalue weighted by Gasteiger charge is -2.25. The summed E-state index contributed by atoms with van der Waals surface area (Å²) < 4.78 is 0.842. The highest BCUT2D eigenvalue weighted by atomic mass is 79.9. The highest BCUT2D eigenvalue weighted by molar-refractivity contribution is 9.10. The van der Waals surface area contributed by atoms with Crippen molar-refractivity contribution >= 4 is 33.0 Å². The highest BCUT2D eigenvalue weighted by Crippen LogP contribution is 2.37. The predicted molar refractivity (Wildman–Crippen MR) is 90.5 cm³/mol. The number of hydrogen-bond donors (Lipinski definition) is 1. The zero-order valence-corrected chi connectivity index (χ0v) is 12.9. The van der Waals surface area contributed by atoms with Gasteiger partial charge in [0.25, 0.3) is 0 Å². The van der Waals surface area contributed by atoms with E-state index in [1.54, 1.807) is 12.1 Å². The van der Waals surface area contributed by atoms with Crippen molar-refractivity contribution in [2.24, 2.45) is 0 Å². The van der Waals surface area contributed by atoms with Crippen molar-refractivity contribution in [3.63, 3.8) is 0 Å². The molecule has 3 aromatic carbocycles. The van der Waals surface area contributed by atoms with Gasteiger partial charge in [0.2, 0.25) is 0 Å². The van der Waals surface area contributed by atoms with Crippen LogP contribution in [0.5, 0.6) is 5.75 Å². The average molecular weight is 340 g/mol. The molecule has 0 saturated heterocycles. The molecular formula is C18H14BrNO. The van der Waals surface area contributed by atoms with Crippen LogP contribution in [0.2, 0.25) is 0 Å². The summed E-state index contributed by atoms with van der Waals surface area (Å²) in [7, 11) is 0. The number of hydrogen-bond acceptors (Lipinski definition) is 2. The Labute approximate surface area is 132 Å². The predicted octanol–water partition coefficient (Wildman–Crippen LogP) is 5.62. The molecule has 0 amide bonds. The van der Waals surface area contributed by atoms with Gasteiger partial charge >= 0.3 is 0 Å². The van der Waals surface area contributed by atoms with E-state index >= 15 is 0 Å². The molecule has 1 N–H and O–H groups in total. The Morgan fingerprint density at radius 1 is 0.667 bits per heavy atom. The normalized spacial score (nSPS) is 10.3. The second-order valence-electron chi connectivity index (χ2n) is 4.67. The summed E-state index contributed by atoms with van der Waals surface area (Å²) in [6, 6.07) is 25.6. The Hall–Kier alpha value is -2.26. The fourth-order valence-corrected chi connectivity index (χ4v) is 2.76. The van der Waals surface area contributed by atoms with Gasteiger partial charge in [0.15, 0.2) is 0 Å². The first kappa shape index (κ1) is 13.7. The first-order chi connectivity index (χ1) is 10.2. The zero-order chi connectivity index (χ0) is 14.7. The second-order valence-corrected chi connectivity index (χ2v) is 5.59. The number of benzene rings is 3. The number of phenolic OH excluding ortho intramolecular Hbond substituents is 1. The Balaban J connectivity index is 2.17. The van der Waals surface area contributed by atoms with E-state index < -0.39 is 0 Å². The van der Waals surface area contributed by atoms with Crippen LogP contribution in [0.25, 0.3) is 0 Å². The van der Waals surface area contributed by atoms with E-state index in [1.165, 1.54) is 0 Å². The van der Waals surface area contributed by atoms with Gasteiger partial charge in [-0.2, -0.15) is 0 Å². The van der Waals surface area contributed by atoms with E-state index in [9.17, 15) is 5.11 Å². The van der Waals surface area contributed by atoms with Crippen LogP contribution >= 0.6 is 15.9 Å². The van der Waals surface area contributed by atoms with E-state index in [0.717, 1.165) is 21.5 Å². The molecule has 21 heavy (non-hydrogen) atoms. The third kappa shape index (κ3) is 3.09. The van der Waals surface area contributed by atoms with Crippen LogP contribution in [0.15, 0.2) is 83.3 Å². The molecule has 0 aliphatic heterocycles. The number of nitrogens with zero attached hydrogens (tertiary/aromatic N) is 1. The molecule has 0 aliphatic carbocycles. The van der Waals surface area contributed by atoms with Gasteiger partial charge in [-0.25, -0.2) is 0 Å². The van der Waals surface area contributed by atoms with Crippen LogP contribution in [-0.2, 0) is 0 Å². The van der Waals surface area contributed by atoms with Gasteiger partial charge in [0.05, 0.1) is 5.69 Å². The van der Waals surface area contributed by atoms with Crippen LogP contribution in [0.4, 0.5) is 17.1 Å². The molecule has 0 atom stereocenters. The summed E-state index contributed by atoms with van der Waals surface area (Å²) >= 11 is 3.44. The van der Waals surface area contributed by atoms with Gasteiger partial charge in [0.1, 0.15) is 5.75 Å². The summed E-state index contributed by atoms with van der Waals surface area (Å²) in [6.07, 6.45) is 0. The minimum absolute atomic E-state index is 0.233. The molecule has 104 valence electrons. The third-order valence-electron chi connectivity index (χ3n) is 3.15. The van der Waals surface area contributed by atoms with E-state index in [4.69, 9.17) is 0 Å². The second kappa shape index (κ2) is 6.02. The molecule has 3 aromatic rings. The molecule has 0 saturated carbocycles. The van der Waals surface area contributed by atoms with Crippen molar-refractivity contribution in [2.45, 2.75) is 0 Å². The topological polar surface area (TPSA) is 23.5 Å². The molecule has 0 aliphatic rings. The summed E-state index contributed by atoms with van der Waals surface area (Å²) in [5, 5.41) is 9.88. The van der Waals surface area contributed by atoms with E-state index in [2.05, 4.69) is 20.8 Å². The Morgan fingerprint density at radius 2 is 1.19 bits per heavy atom. The highest BCUT2D eigenvalue weighted by Gasteiger charge is 2.12. The summed E-state index contributed by atoms with van der Waals surface area (Å²) in [4.78, 5) is 2.10. The minimum atomic E-state index is 0.233. The maximum Gasteiger partial charge on any atom is 0.118 e. The fourth-order valence-electron chi connectivity index (χ4n) is 2.29. The number of anilines is 3.